The summed E-state index contributed by atoms with van der Waals surface area (Å²) < 4.78 is 13.3. The van der Waals surface area contributed by atoms with Crippen LogP contribution in [-0.2, 0) is 0 Å². The zero-order valence-corrected chi connectivity index (χ0v) is 20.3. The van der Waals surface area contributed by atoms with E-state index in [9.17, 15) is 9.18 Å². The lowest BCUT2D eigenvalue weighted by Crippen LogP contribution is -2.38. The van der Waals surface area contributed by atoms with Gasteiger partial charge in [0.05, 0.1) is 16.3 Å². The molecule has 1 saturated heterocycles. The average molecular weight is 484 g/mol. The lowest BCUT2D eigenvalue weighted by Gasteiger charge is -2.33. The van der Waals surface area contributed by atoms with Crippen molar-refractivity contribution in [2.24, 2.45) is 0 Å². The van der Waals surface area contributed by atoms with Gasteiger partial charge in [-0.2, -0.15) is 0 Å². The van der Waals surface area contributed by atoms with Crippen LogP contribution in [-0.4, -0.2) is 34.6 Å². The summed E-state index contributed by atoms with van der Waals surface area (Å²) in [7, 11) is 0. The molecule has 0 spiro atoms. The molecule has 2 aromatic carbocycles. The van der Waals surface area contributed by atoms with Crippen LogP contribution in [0, 0.1) is 12.7 Å². The summed E-state index contributed by atoms with van der Waals surface area (Å²) in [6, 6.07) is 14.6. The number of amides is 1. The fourth-order valence-electron chi connectivity index (χ4n) is 4.16. The molecule has 1 aliphatic rings. The third kappa shape index (κ3) is 5.33. The van der Waals surface area contributed by atoms with Crippen LogP contribution in [0.5, 0.6) is 0 Å². The summed E-state index contributed by atoms with van der Waals surface area (Å²) in [4.78, 5) is 19.9. The molecular formula is C26H27ClFN3OS. The number of para-hydroxylation sites is 1. The molecule has 4 rings (SSSR count). The number of rotatable bonds is 6. The van der Waals surface area contributed by atoms with Crippen molar-refractivity contribution in [3.63, 3.8) is 0 Å². The summed E-state index contributed by atoms with van der Waals surface area (Å²) in [5.74, 6) is 0.852. The predicted octanol–water partition coefficient (Wildman–Crippen LogP) is 7.06. The molecule has 0 radical (unpaired) electrons. The van der Waals surface area contributed by atoms with Gasteiger partial charge < -0.3 is 10.2 Å². The van der Waals surface area contributed by atoms with Crippen molar-refractivity contribution in [2.75, 3.05) is 24.2 Å². The standard InChI is InChI=1S/C26H27ClFN3OS/c1-3-33-25-23(27)24(30-22-7-5-4-6-17(22)2)21(16-29-25)26(32)31-14-12-19(13-15-31)18-8-10-20(28)11-9-18/h4-11,16,19H,3,12-15H2,1-2H3,(H,29,30). The second-order valence-corrected chi connectivity index (χ2v) is 9.79. The van der Waals surface area contributed by atoms with Gasteiger partial charge in [-0.1, -0.05) is 48.9 Å². The highest BCUT2D eigenvalue weighted by Crippen LogP contribution is 2.38. The number of nitrogens with zero attached hydrogens (tertiary/aromatic N) is 2. The third-order valence-corrected chi connectivity index (χ3v) is 7.38. The Morgan fingerprint density at radius 2 is 1.88 bits per heavy atom. The fourth-order valence-corrected chi connectivity index (χ4v) is 5.15. The molecule has 0 saturated carbocycles. The van der Waals surface area contributed by atoms with Crippen molar-refractivity contribution in [3.8, 4) is 0 Å². The number of halogens is 2. The Hall–Kier alpha value is -2.57. The molecule has 1 amide bonds. The smallest absolute Gasteiger partial charge is 0.257 e. The van der Waals surface area contributed by atoms with E-state index in [1.807, 2.05) is 55.1 Å². The van der Waals surface area contributed by atoms with Crippen molar-refractivity contribution in [3.05, 3.63) is 82.3 Å². The summed E-state index contributed by atoms with van der Waals surface area (Å²) in [6.07, 6.45) is 3.31. The number of aromatic nitrogens is 1. The van der Waals surface area contributed by atoms with E-state index in [2.05, 4.69) is 10.3 Å². The lowest BCUT2D eigenvalue weighted by molar-refractivity contribution is 0.0713. The Morgan fingerprint density at radius 3 is 2.55 bits per heavy atom. The number of pyridine rings is 1. The van der Waals surface area contributed by atoms with Gasteiger partial charge in [0.2, 0.25) is 0 Å². The topological polar surface area (TPSA) is 45.2 Å². The van der Waals surface area contributed by atoms with Crippen molar-refractivity contribution < 1.29 is 9.18 Å². The second-order valence-electron chi connectivity index (χ2n) is 8.16. The normalized spacial score (nSPS) is 14.4. The highest BCUT2D eigenvalue weighted by atomic mass is 35.5. The van der Waals surface area contributed by atoms with Crippen LogP contribution in [0.3, 0.4) is 0 Å². The molecule has 3 aromatic rings. The Morgan fingerprint density at radius 1 is 1.18 bits per heavy atom. The number of carbonyl (C=O) groups is 1. The monoisotopic (exact) mass is 483 g/mol. The highest BCUT2D eigenvalue weighted by molar-refractivity contribution is 7.99. The van der Waals surface area contributed by atoms with Crippen LogP contribution in [0.4, 0.5) is 15.8 Å². The van der Waals surface area contributed by atoms with E-state index >= 15 is 0 Å². The maximum absolute atomic E-state index is 13.5. The van der Waals surface area contributed by atoms with Gasteiger partial charge in [0.25, 0.3) is 5.91 Å². The predicted molar refractivity (Wildman–Crippen MR) is 134 cm³/mol. The van der Waals surface area contributed by atoms with Crippen LogP contribution in [0.1, 0.15) is 47.2 Å². The first-order valence-corrected chi connectivity index (χ1v) is 12.5. The van der Waals surface area contributed by atoms with Crippen molar-refractivity contribution >= 4 is 40.6 Å². The summed E-state index contributed by atoms with van der Waals surface area (Å²) in [6.45, 7) is 5.32. The Balaban J connectivity index is 1.57. The molecule has 33 heavy (non-hydrogen) atoms. The number of hydrogen-bond acceptors (Lipinski definition) is 4. The lowest BCUT2D eigenvalue weighted by atomic mass is 9.89. The van der Waals surface area contributed by atoms with Crippen molar-refractivity contribution in [1.29, 1.82) is 0 Å². The summed E-state index contributed by atoms with van der Waals surface area (Å²) >= 11 is 8.30. The molecule has 172 valence electrons. The number of carbonyl (C=O) groups excluding carboxylic acids is 1. The molecule has 1 aromatic heterocycles. The van der Waals surface area contributed by atoms with Gasteiger partial charge in [-0.25, -0.2) is 9.37 Å². The Labute approximate surface area is 203 Å². The molecule has 7 heteroatoms. The van der Waals surface area contributed by atoms with E-state index in [4.69, 9.17) is 11.6 Å². The maximum Gasteiger partial charge on any atom is 0.257 e. The first-order chi connectivity index (χ1) is 16.0. The van der Waals surface area contributed by atoms with Crippen LogP contribution >= 0.6 is 23.4 Å². The number of nitrogens with one attached hydrogen (secondary N) is 1. The molecule has 0 bridgehead atoms. The zero-order valence-electron chi connectivity index (χ0n) is 18.8. The van der Waals surface area contributed by atoms with Gasteiger partial charge in [0.15, 0.2) is 0 Å². The SMILES string of the molecule is CCSc1ncc(C(=O)N2CCC(c3ccc(F)cc3)CC2)c(Nc2ccccc2C)c1Cl. The van der Waals surface area contributed by atoms with E-state index in [-0.39, 0.29) is 11.7 Å². The third-order valence-electron chi connectivity index (χ3n) is 6.03. The minimum absolute atomic E-state index is 0.0777. The number of hydrogen-bond donors (Lipinski definition) is 1. The largest absolute Gasteiger partial charge is 0.353 e. The number of thioether (sulfide) groups is 1. The summed E-state index contributed by atoms with van der Waals surface area (Å²) in [5.41, 5.74) is 4.17. The first-order valence-electron chi connectivity index (χ1n) is 11.2. The minimum Gasteiger partial charge on any atom is -0.353 e. The number of anilines is 2. The highest BCUT2D eigenvalue weighted by Gasteiger charge is 2.28. The number of aryl methyl sites for hydroxylation is 1. The minimum atomic E-state index is -0.228. The second kappa shape index (κ2) is 10.6. The molecule has 2 heterocycles. The number of piperidine rings is 1. The molecule has 4 nitrogen and oxygen atoms in total. The van der Waals surface area contributed by atoms with Crippen LogP contribution in [0.2, 0.25) is 5.02 Å². The molecule has 0 atom stereocenters. The average Bonchev–Trinajstić information content (AvgIpc) is 2.83. The molecule has 0 aliphatic carbocycles. The van der Waals surface area contributed by atoms with Gasteiger partial charge in [-0.05, 0) is 60.8 Å². The van der Waals surface area contributed by atoms with Gasteiger partial charge in [-0.15, -0.1) is 11.8 Å². The van der Waals surface area contributed by atoms with Crippen LogP contribution in [0.25, 0.3) is 0 Å². The van der Waals surface area contributed by atoms with E-state index < -0.39 is 0 Å². The first kappa shape index (κ1) is 23.6. The van der Waals surface area contributed by atoms with Crippen LogP contribution < -0.4 is 5.32 Å². The molecule has 1 N–H and O–H groups in total. The van der Waals surface area contributed by atoms with Gasteiger partial charge in [0.1, 0.15) is 10.8 Å². The molecule has 1 aliphatic heterocycles. The van der Waals surface area contributed by atoms with Gasteiger partial charge >= 0.3 is 0 Å². The number of benzene rings is 2. The Bertz CT molecular complexity index is 1130. The zero-order chi connectivity index (χ0) is 23.4. The van der Waals surface area contributed by atoms with Gasteiger partial charge in [-0.3, -0.25) is 4.79 Å². The van der Waals surface area contributed by atoms with Gasteiger partial charge in [0, 0.05) is 25.0 Å². The maximum atomic E-state index is 13.5. The molecule has 1 fully saturated rings. The fraction of sp³-hybridized carbons (Fsp3) is 0.308. The van der Waals surface area contributed by atoms with E-state index in [0.29, 0.717) is 40.3 Å². The van der Waals surface area contributed by atoms with E-state index in [1.165, 1.54) is 12.1 Å². The quantitative estimate of drug-likeness (QED) is 0.381. The van der Waals surface area contributed by atoms with E-state index in [1.54, 1.807) is 18.0 Å². The van der Waals surface area contributed by atoms with Crippen molar-refractivity contribution in [2.45, 2.75) is 37.6 Å². The molecular weight excluding hydrogens is 457 g/mol. The summed E-state index contributed by atoms with van der Waals surface area (Å²) in [5, 5.41) is 4.58. The van der Waals surface area contributed by atoms with E-state index in [0.717, 1.165) is 35.4 Å². The van der Waals surface area contributed by atoms with Crippen LogP contribution in [0.15, 0.2) is 59.8 Å². The van der Waals surface area contributed by atoms with Crippen molar-refractivity contribution in [1.82, 2.24) is 9.88 Å². The number of likely N-dealkylation sites (tertiary alicyclic amines) is 1. The molecule has 0 unspecified atom stereocenters. The Kier molecular flexibility index (Phi) is 7.56.